The first-order valence-corrected chi connectivity index (χ1v) is 3.49. The second-order valence-electron chi connectivity index (χ2n) is 2.52. The van der Waals surface area contributed by atoms with Gasteiger partial charge in [0.05, 0.1) is 5.56 Å². The van der Waals surface area contributed by atoms with Crippen molar-refractivity contribution in [2.45, 2.75) is 12.8 Å². The first-order chi connectivity index (χ1) is 5.96. The quantitative estimate of drug-likeness (QED) is 0.764. The highest BCUT2D eigenvalue weighted by Crippen LogP contribution is 2.29. The zero-order valence-corrected chi connectivity index (χ0v) is 6.79. The van der Waals surface area contributed by atoms with Gasteiger partial charge in [0.2, 0.25) is 0 Å². The number of alkyl halides is 2. The van der Waals surface area contributed by atoms with Gasteiger partial charge in [0, 0.05) is 11.9 Å². The molecule has 1 heterocycles. The minimum atomic E-state index is -3.86. The Morgan fingerprint density at radius 1 is 1.62 bits per heavy atom. The average Bonchev–Trinajstić information content (AvgIpc) is 2.04. The van der Waals surface area contributed by atoms with Crippen molar-refractivity contribution in [3.8, 4) is 0 Å². The fourth-order valence-corrected chi connectivity index (χ4v) is 0.931. The average molecular weight is 187 g/mol. The Hall–Kier alpha value is -1.52. The minimum absolute atomic E-state index is 0.0231. The second kappa shape index (κ2) is 3.08. The van der Waals surface area contributed by atoms with E-state index in [1.54, 1.807) is 0 Å². The van der Waals surface area contributed by atoms with E-state index in [9.17, 15) is 13.6 Å². The molecule has 0 saturated carbocycles. The van der Waals surface area contributed by atoms with Crippen molar-refractivity contribution >= 4 is 5.97 Å². The summed E-state index contributed by atoms with van der Waals surface area (Å²) in [7, 11) is 0. The molecule has 13 heavy (non-hydrogen) atoms. The number of aromatic nitrogens is 1. The Balaban J connectivity index is 3.22. The summed E-state index contributed by atoms with van der Waals surface area (Å²) in [6.07, 6.45) is 1.33. The summed E-state index contributed by atoms with van der Waals surface area (Å²) < 4.78 is 25.8. The summed E-state index contributed by atoms with van der Waals surface area (Å²) in [5, 5.41) is 8.24. The van der Waals surface area contributed by atoms with Crippen LogP contribution in [-0.4, -0.2) is 16.1 Å². The molecule has 70 valence electrons. The van der Waals surface area contributed by atoms with Gasteiger partial charge in [-0.3, -0.25) is 4.98 Å². The summed E-state index contributed by atoms with van der Waals surface area (Å²) >= 11 is 0. The molecular weight excluding hydrogens is 180 g/mol. The molecule has 1 aromatic heterocycles. The Kier molecular flexibility index (Phi) is 2.27. The van der Waals surface area contributed by atoms with Crippen LogP contribution in [0.25, 0.3) is 0 Å². The molecule has 0 atom stereocenters. The molecule has 0 aromatic carbocycles. The zero-order valence-electron chi connectivity index (χ0n) is 6.79. The van der Waals surface area contributed by atoms with Crippen LogP contribution in [0.4, 0.5) is 8.78 Å². The van der Waals surface area contributed by atoms with Gasteiger partial charge in [-0.05, 0) is 19.1 Å². The molecule has 0 unspecified atom stereocenters. The highest BCUT2D eigenvalue weighted by Gasteiger charge is 2.42. The van der Waals surface area contributed by atoms with Crippen molar-refractivity contribution in [1.82, 2.24) is 4.98 Å². The van der Waals surface area contributed by atoms with Gasteiger partial charge in [-0.1, -0.05) is 0 Å². The Morgan fingerprint density at radius 3 is 2.69 bits per heavy atom. The standard InChI is InChI=1S/C8H7F2NO2/c1-5-6(3-2-4-11-5)8(9,10)7(12)13/h2-4H,1H3,(H,12,13). The van der Waals surface area contributed by atoms with Gasteiger partial charge in [-0.2, -0.15) is 8.78 Å². The molecule has 0 aliphatic carbocycles. The molecule has 0 radical (unpaired) electrons. The summed E-state index contributed by atoms with van der Waals surface area (Å²) in [4.78, 5) is 13.8. The highest BCUT2D eigenvalue weighted by molar-refractivity contribution is 5.77. The summed E-state index contributed by atoms with van der Waals surface area (Å²) in [5.41, 5.74) is -0.544. The van der Waals surface area contributed by atoms with E-state index in [1.165, 1.54) is 19.2 Å². The fourth-order valence-electron chi connectivity index (χ4n) is 0.931. The minimum Gasteiger partial charge on any atom is -0.477 e. The lowest BCUT2D eigenvalue weighted by atomic mass is 10.1. The maximum absolute atomic E-state index is 12.9. The van der Waals surface area contributed by atoms with Crippen LogP contribution >= 0.6 is 0 Å². The molecule has 5 heteroatoms. The number of halogens is 2. The molecule has 0 bridgehead atoms. The Bertz CT molecular complexity index is 339. The van der Waals surface area contributed by atoms with Crippen molar-refractivity contribution < 1.29 is 18.7 Å². The number of aliphatic carboxylic acids is 1. The maximum atomic E-state index is 12.9. The lowest BCUT2D eigenvalue weighted by molar-refractivity contribution is -0.166. The molecule has 0 aliphatic heterocycles. The number of carboxylic acids is 1. The van der Waals surface area contributed by atoms with Crippen molar-refractivity contribution in [3.05, 3.63) is 29.6 Å². The van der Waals surface area contributed by atoms with Crippen LogP contribution < -0.4 is 0 Å². The maximum Gasteiger partial charge on any atom is 0.379 e. The number of hydrogen-bond acceptors (Lipinski definition) is 2. The van der Waals surface area contributed by atoms with Crippen molar-refractivity contribution in [1.29, 1.82) is 0 Å². The lowest BCUT2D eigenvalue weighted by Crippen LogP contribution is -2.26. The zero-order chi connectivity index (χ0) is 10.1. The molecule has 3 nitrogen and oxygen atoms in total. The van der Waals surface area contributed by atoms with Gasteiger partial charge in [-0.25, -0.2) is 4.79 Å². The van der Waals surface area contributed by atoms with Crippen molar-refractivity contribution in [2.24, 2.45) is 0 Å². The predicted molar refractivity (Wildman–Crippen MR) is 40.5 cm³/mol. The molecule has 1 rings (SSSR count). The van der Waals surface area contributed by atoms with Gasteiger partial charge >= 0.3 is 11.9 Å². The first-order valence-electron chi connectivity index (χ1n) is 3.49. The van der Waals surface area contributed by atoms with Crippen LogP contribution in [0.15, 0.2) is 18.3 Å². The van der Waals surface area contributed by atoms with Gasteiger partial charge < -0.3 is 5.11 Å². The van der Waals surface area contributed by atoms with Crippen LogP contribution in [0.5, 0.6) is 0 Å². The van der Waals surface area contributed by atoms with Crippen LogP contribution in [0.3, 0.4) is 0 Å². The van der Waals surface area contributed by atoms with Crippen molar-refractivity contribution in [2.75, 3.05) is 0 Å². The van der Waals surface area contributed by atoms with E-state index >= 15 is 0 Å². The highest BCUT2D eigenvalue weighted by atomic mass is 19.3. The van der Waals surface area contributed by atoms with Gasteiger partial charge in [0.1, 0.15) is 0 Å². The topological polar surface area (TPSA) is 50.2 Å². The van der Waals surface area contributed by atoms with Gasteiger partial charge in [0.15, 0.2) is 0 Å². The third-order valence-corrected chi connectivity index (χ3v) is 1.61. The Labute approximate surface area is 73.0 Å². The monoisotopic (exact) mass is 187 g/mol. The van der Waals surface area contributed by atoms with Crippen molar-refractivity contribution in [3.63, 3.8) is 0 Å². The Morgan fingerprint density at radius 2 is 2.23 bits per heavy atom. The molecule has 0 fully saturated rings. The van der Waals surface area contributed by atoms with E-state index < -0.39 is 17.5 Å². The molecule has 0 saturated heterocycles. The number of nitrogens with zero attached hydrogens (tertiary/aromatic N) is 1. The summed E-state index contributed by atoms with van der Waals surface area (Å²) in [6.45, 7) is 1.34. The first kappa shape index (κ1) is 9.57. The van der Waals surface area contributed by atoms with Crippen LogP contribution in [-0.2, 0) is 10.7 Å². The van der Waals surface area contributed by atoms with E-state index in [4.69, 9.17) is 5.11 Å². The summed E-state index contributed by atoms with van der Waals surface area (Å²) in [6, 6.07) is 2.33. The molecular formula is C8H7F2NO2. The fraction of sp³-hybridized carbons (Fsp3) is 0.250. The van der Waals surface area contributed by atoms with Crippen LogP contribution in [0.2, 0.25) is 0 Å². The normalized spacial score (nSPS) is 11.3. The smallest absolute Gasteiger partial charge is 0.379 e. The summed E-state index contributed by atoms with van der Waals surface area (Å²) in [5.74, 6) is -6.03. The van der Waals surface area contributed by atoms with Crippen LogP contribution in [0.1, 0.15) is 11.3 Å². The number of rotatable bonds is 2. The van der Waals surface area contributed by atoms with E-state index in [0.29, 0.717) is 0 Å². The van der Waals surface area contributed by atoms with Gasteiger partial charge in [-0.15, -0.1) is 0 Å². The van der Waals surface area contributed by atoms with E-state index in [-0.39, 0.29) is 5.69 Å². The molecule has 0 amide bonds. The molecule has 0 aliphatic rings. The number of carbonyl (C=O) groups is 1. The molecule has 0 spiro atoms. The lowest BCUT2D eigenvalue weighted by Gasteiger charge is -2.12. The SMILES string of the molecule is Cc1ncccc1C(F)(F)C(=O)O. The van der Waals surface area contributed by atoms with Gasteiger partial charge in [0.25, 0.3) is 0 Å². The third kappa shape index (κ3) is 1.63. The largest absolute Gasteiger partial charge is 0.477 e. The van der Waals surface area contributed by atoms with E-state index in [2.05, 4.69) is 4.98 Å². The van der Waals surface area contributed by atoms with E-state index in [0.717, 1.165) is 6.07 Å². The number of hydrogen-bond donors (Lipinski definition) is 1. The number of pyridine rings is 1. The molecule has 1 aromatic rings. The second-order valence-corrected chi connectivity index (χ2v) is 2.52. The number of carboxylic acid groups (broad SMARTS) is 1. The molecule has 1 N–H and O–H groups in total. The van der Waals surface area contributed by atoms with Crippen LogP contribution in [0, 0.1) is 6.92 Å². The number of aryl methyl sites for hydroxylation is 1. The third-order valence-electron chi connectivity index (χ3n) is 1.61. The predicted octanol–water partition coefficient (Wildman–Crippen LogP) is 1.57. The van der Waals surface area contributed by atoms with E-state index in [1.807, 2.05) is 0 Å².